The van der Waals surface area contributed by atoms with E-state index in [9.17, 15) is 0 Å². The Morgan fingerprint density at radius 1 is 1.39 bits per heavy atom. The molecule has 3 heterocycles. The van der Waals surface area contributed by atoms with Gasteiger partial charge in [0, 0.05) is 43.6 Å². The molecule has 7 heteroatoms. The third-order valence-corrected chi connectivity index (χ3v) is 4.30. The Balaban J connectivity index is 1.58. The molecule has 2 saturated heterocycles. The summed E-state index contributed by atoms with van der Waals surface area (Å²) in [6, 6.07) is 0.460. The zero-order valence-corrected chi connectivity index (χ0v) is 11.1. The van der Waals surface area contributed by atoms with Gasteiger partial charge in [0.25, 0.3) is 5.95 Å². The lowest BCUT2D eigenvalue weighted by molar-refractivity contribution is 0.121. The zero-order chi connectivity index (χ0) is 12.2. The maximum atomic E-state index is 5.33. The number of thioether (sulfide) groups is 1. The molecule has 3 rings (SSSR count). The van der Waals surface area contributed by atoms with Crippen LogP contribution in [0.5, 0.6) is 0 Å². The van der Waals surface area contributed by atoms with E-state index in [0.29, 0.717) is 12.0 Å². The van der Waals surface area contributed by atoms with Crippen LogP contribution in [-0.4, -0.2) is 60.5 Å². The van der Waals surface area contributed by atoms with Crippen molar-refractivity contribution < 1.29 is 9.26 Å². The highest BCUT2D eigenvalue weighted by atomic mass is 32.2. The van der Waals surface area contributed by atoms with E-state index >= 15 is 0 Å². The topological polar surface area (TPSA) is 63.4 Å². The number of aromatic nitrogens is 2. The second kappa shape index (κ2) is 5.90. The van der Waals surface area contributed by atoms with Crippen LogP contribution in [0.3, 0.4) is 0 Å². The number of hydrogen-bond donors (Lipinski definition) is 1. The van der Waals surface area contributed by atoms with Crippen LogP contribution >= 0.6 is 11.8 Å². The number of hydrogen-bond acceptors (Lipinski definition) is 7. The van der Waals surface area contributed by atoms with Crippen LogP contribution in [0.1, 0.15) is 5.89 Å². The minimum absolute atomic E-state index is 0.460. The van der Waals surface area contributed by atoms with E-state index in [1.54, 1.807) is 0 Å². The van der Waals surface area contributed by atoms with Gasteiger partial charge in [-0.25, -0.2) is 0 Å². The Morgan fingerprint density at radius 2 is 2.28 bits per heavy atom. The van der Waals surface area contributed by atoms with E-state index < -0.39 is 0 Å². The second-order valence-electron chi connectivity index (χ2n) is 4.52. The molecule has 18 heavy (non-hydrogen) atoms. The molecule has 0 spiro atoms. The molecule has 0 aliphatic carbocycles. The van der Waals surface area contributed by atoms with Crippen molar-refractivity contribution in [2.75, 3.05) is 49.3 Å². The monoisotopic (exact) mass is 270 g/mol. The van der Waals surface area contributed by atoms with Crippen molar-refractivity contribution in [2.24, 2.45) is 0 Å². The highest BCUT2D eigenvalue weighted by Crippen LogP contribution is 2.15. The minimum atomic E-state index is 0.460. The van der Waals surface area contributed by atoms with E-state index in [1.807, 2.05) is 11.8 Å². The molecule has 6 nitrogen and oxygen atoms in total. The van der Waals surface area contributed by atoms with Crippen molar-refractivity contribution in [1.29, 1.82) is 0 Å². The molecule has 0 bridgehead atoms. The fraction of sp³-hybridized carbons (Fsp3) is 0.818. The van der Waals surface area contributed by atoms with Crippen molar-refractivity contribution >= 4 is 17.7 Å². The van der Waals surface area contributed by atoms with Crippen molar-refractivity contribution in [3.05, 3.63) is 5.89 Å². The summed E-state index contributed by atoms with van der Waals surface area (Å²) in [7, 11) is 0. The molecule has 2 fully saturated rings. The van der Waals surface area contributed by atoms with Gasteiger partial charge in [0.1, 0.15) is 0 Å². The summed E-state index contributed by atoms with van der Waals surface area (Å²) < 4.78 is 10.6. The smallest absolute Gasteiger partial charge is 0.266 e. The fourth-order valence-electron chi connectivity index (χ4n) is 2.18. The van der Waals surface area contributed by atoms with Gasteiger partial charge in [0.2, 0.25) is 5.89 Å². The molecule has 0 radical (unpaired) electrons. The van der Waals surface area contributed by atoms with Gasteiger partial charge in [-0.15, -0.1) is 0 Å². The van der Waals surface area contributed by atoms with E-state index in [0.717, 1.165) is 50.9 Å². The predicted octanol–water partition coefficient (Wildman–Crippen LogP) is 0.154. The standard InChI is InChI=1S/C11H18N4O2S/c1-6-18-8-9(12-1)7-10-13-11(14-17-10)15-2-4-16-5-3-15/h9,12H,1-8H2. The maximum Gasteiger partial charge on any atom is 0.266 e. The highest BCUT2D eigenvalue weighted by Gasteiger charge is 2.20. The molecule has 0 amide bonds. The van der Waals surface area contributed by atoms with Crippen LogP contribution in [0.15, 0.2) is 4.52 Å². The van der Waals surface area contributed by atoms with E-state index in [-0.39, 0.29) is 0 Å². The number of nitrogens with zero attached hydrogens (tertiary/aromatic N) is 3. The van der Waals surface area contributed by atoms with Crippen molar-refractivity contribution in [2.45, 2.75) is 12.5 Å². The summed E-state index contributed by atoms with van der Waals surface area (Å²) >= 11 is 1.98. The summed E-state index contributed by atoms with van der Waals surface area (Å²) in [6.45, 7) is 4.24. The van der Waals surface area contributed by atoms with Gasteiger partial charge in [0.05, 0.1) is 13.2 Å². The lowest BCUT2D eigenvalue weighted by Gasteiger charge is -2.24. The normalized spacial score (nSPS) is 25.3. The van der Waals surface area contributed by atoms with E-state index in [2.05, 4.69) is 20.4 Å². The number of rotatable bonds is 3. The number of ether oxygens (including phenoxy) is 1. The van der Waals surface area contributed by atoms with Crippen LogP contribution in [0.2, 0.25) is 0 Å². The summed E-state index contributed by atoms with van der Waals surface area (Å²) in [5.41, 5.74) is 0. The zero-order valence-electron chi connectivity index (χ0n) is 10.3. The third-order valence-electron chi connectivity index (χ3n) is 3.17. The van der Waals surface area contributed by atoms with Crippen LogP contribution in [0, 0.1) is 0 Å². The van der Waals surface area contributed by atoms with Gasteiger partial charge in [0.15, 0.2) is 0 Å². The molecule has 1 aromatic rings. The molecule has 1 atom stereocenters. The lowest BCUT2D eigenvalue weighted by Crippen LogP contribution is -2.39. The van der Waals surface area contributed by atoms with Gasteiger partial charge < -0.3 is 19.5 Å². The number of morpholine rings is 1. The van der Waals surface area contributed by atoms with Gasteiger partial charge >= 0.3 is 0 Å². The fourth-order valence-corrected chi connectivity index (χ4v) is 3.13. The molecular weight excluding hydrogens is 252 g/mol. The summed E-state index contributed by atoms with van der Waals surface area (Å²) in [6.07, 6.45) is 0.824. The summed E-state index contributed by atoms with van der Waals surface area (Å²) in [4.78, 5) is 6.58. The number of nitrogens with one attached hydrogen (secondary N) is 1. The molecule has 2 aliphatic heterocycles. The first-order valence-electron chi connectivity index (χ1n) is 6.38. The Morgan fingerprint density at radius 3 is 3.06 bits per heavy atom. The first-order valence-corrected chi connectivity index (χ1v) is 7.54. The van der Waals surface area contributed by atoms with Gasteiger partial charge in [-0.1, -0.05) is 0 Å². The lowest BCUT2D eigenvalue weighted by atomic mass is 10.2. The average Bonchev–Trinajstić information content (AvgIpc) is 2.89. The van der Waals surface area contributed by atoms with Gasteiger partial charge in [-0.3, -0.25) is 0 Å². The Labute approximate surface area is 110 Å². The van der Waals surface area contributed by atoms with Crippen LogP contribution in [0.25, 0.3) is 0 Å². The SMILES string of the molecule is C1CSCC(Cc2nc(N3CCOCC3)no2)N1. The summed E-state index contributed by atoms with van der Waals surface area (Å²) in [5, 5.41) is 7.53. The largest absolute Gasteiger partial charge is 0.378 e. The number of anilines is 1. The molecule has 1 N–H and O–H groups in total. The van der Waals surface area contributed by atoms with Gasteiger partial charge in [-0.05, 0) is 5.16 Å². The molecule has 0 saturated carbocycles. The molecule has 1 unspecified atom stereocenters. The molecule has 0 aromatic carbocycles. The molecule has 2 aliphatic rings. The third kappa shape index (κ3) is 2.96. The predicted molar refractivity (Wildman–Crippen MR) is 70.1 cm³/mol. The van der Waals surface area contributed by atoms with Crippen LogP contribution in [-0.2, 0) is 11.2 Å². The average molecular weight is 270 g/mol. The molecule has 100 valence electrons. The second-order valence-corrected chi connectivity index (χ2v) is 5.67. The minimum Gasteiger partial charge on any atom is -0.378 e. The van der Waals surface area contributed by atoms with Crippen LogP contribution < -0.4 is 10.2 Å². The summed E-state index contributed by atoms with van der Waals surface area (Å²) in [5.74, 6) is 3.75. The highest BCUT2D eigenvalue weighted by molar-refractivity contribution is 7.99. The Kier molecular flexibility index (Phi) is 4.02. The van der Waals surface area contributed by atoms with Gasteiger partial charge in [-0.2, -0.15) is 16.7 Å². The Hall–Kier alpha value is -0.790. The Bertz CT molecular complexity index is 375. The maximum absolute atomic E-state index is 5.33. The van der Waals surface area contributed by atoms with E-state index in [4.69, 9.17) is 9.26 Å². The first-order chi connectivity index (χ1) is 8.92. The van der Waals surface area contributed by atoms with E-state index in [1.165, 1.54) is 5.75 Å². The quantitative estimate of drug-likeness (QED) is 0.839. The van der Waals surface area contributed by atoms with Crippen molar-refractivity contribution in [3.8, 4) is 0 Å². The van der Waals surface area contributed by atoms with Crippen molar-refractivity contribution in [1.82, 2.24) is 15.5 Å². The molecule has 1 aromatic heterocycles. The van der Waals surface area contributed by atoms with Crippen molar-refractivity contribution in [3.63, 3.8) is 0 Å². The van der Waals surface area contributed by atoms with Crippen LogP contribution in [0.4, 0.5) is 5.95 Å². The first kappa shape index (κ1) is 12.3. The molecular formula is C11H18N4O2S.